The van der Waals surface area contributed by atoms with Gasteiger partial charge in [0.2, 0.25) is 5.91 Å². The Labute approximate surface area is 299 Å². The second-order valence-electron chi connectivity index (χ2n) is 14.4. The number of hydrogen-bond acceptors (Lipinski definition) is 8. The lowest BCUT2D eigenvalue weighted by Crippen LogP contribution is -2.60. The van der Waals surface area contributed by atoms with Gasteiger partial charge in [-0.3, -0.25) is 4.79 Å². The van der Waals surface area contributed by atoms with E-state index in [1.54, 1.807) is 6.08 Å². The highest BCUT2D eigenvalue weighted by Gasteiger charge is 2.44. The molecule has 9 nitrogen and oxygen atoms in total. The lowest BCUT2D eigenvalue weighted by Gasteiger charge is -2.40. The summed E-state index contributed by atoms with van der Waals surface area (Å²) in [7, 11) is 0. The lowest BCUT2D eigenvalue weighted by molar-refractivity contribution is -0.302. The minimum absolute atomic E-state index is 0.178. The van der Waals surface area contributed by atoms with Gasteiger partial charge in [0.05, 0.1) is 25.4 Å². The maximum absolute atomic E-state index is 12.9. The summed E-state index contributed by atoms with van der Waals surface area (Å²) in [5, 5.41) is 53.9. The van der Waals surface area contributed by atoms with Crippen molar-refractivity contribution < 1.29 is 39.8 Å². The Morgan fingerprint density at radius 1 is 0.673 bits per heavy atom. The molecule has 49 heavy (non-hydrogen) atoms. The molecule has 7 atom stereocenters. The largest absolute Gasteiger partial charge is 0.394 e. The van der Waals surface area contributed by atoms with Crippen LogP contribution >= 0.6 is 0 Å². The van der Waals surface area contributed by atoms with Crippen LogP contribution in [0, 0.1) is 0 Å². The van der Waals surface area contributed by atoms with Crippen LogP contribution in [-0.4, -0.2) is 87.5 Å². The van der Waals surface area contributed by atoms with Crippen molar-refractivity contribution in [3.8, 4) is 0 Å². The van der Waals surface area contributed by atoms with Crippen molar-refractivity contribution in [1.29, 1.82) is 0 Å². The van der Waals surface area contributed by atoms with Crippen LogP contribution in [0.5, 0.6) is 0 Å². The minimum atomic E-state index is -1.56. The molecule has 0 aromatic carbocycles. The van der Waals surface area contributed by atoms with Gasteiger partial charge in [0.25, 0.3) is 0 Å². The van der Waals surface area contributed by atoms with Crippen LogP contribution in [-0.2, 0) is 14.3 Å². The number of aliphatic hydroxyl groups is 5. The second-order valence-corrected chi connectivity index (χ2v) is 14.4. The number of aliphatic hydroxyl groups excluding tert-OH is 5. The summed E-state index contributed by atoms with van der Waals surface area (Å²) in [4.78, 5) is 12.9. The van der Waals surface area contributed by atoms with Gasteiger partial charge in [0.1, 0.15) is 24.4 Å². The molecule has 1 aliphatic rings. The highest BCUT2D eigenvalue weighted by molar-refractivity contribution is 5.76. The van der Waals surface area contributed by atoms with Crippen molar-refractivity contribution >= 4 is 5.91 Å². The Bertz CT molecular complexity index is 781. The van der Waals surface area contributed by atoms with E-state index in [0.29, 0.717) is 6.42 Å². The van der Waals surface area contributed by atoms with E-state index in [1.807, 2.05) is 6.08 Å². The highest BCUT2D eigenvalue weighted by Crippen LogP contribution is 2.22. The first-order valence-electron chi connectivity index (χ1n) is 20.4. The number of carbonyl (C=O) groups is 1. The van der Waals surface area contributed by atoms with Crippen LogP contribution in [0.3, 0.4) is 0 Å². The number of hydrogen-bond donors (Lipinski definition) is 6. The van der Waals surface area contributed by atoms with Crippen molar-refractivity contribution in [2.24, 2.45) is 0 Å². The van der Waals surface area contributed by atoms with Crippen molar-refractivity contribution in [2.75, 3.05) is 13.2 Å². The molecule has 0 aromatic rings. The zero-order valence-electron chi connectivity index (χ0n) is 31.5. The first kappa shape index (κ1) is 46.0. The molecule has 0 saturated carbocycles. The number of ether oxygens (including phenoxy) is 2. The van der Waals surface area contributed by atoms with Gasteiger partial charge >= 0.3 is 0 Å². The summed E-state index contributed by atoms with van der Waals surface area (Å²) < 4.78 is 11.2. The molecule has 0 aliphatic carbocycles. The predicted octanol–water partition coefficient (Wildman–Crippen LogP) is 7.39. The van der Waals surface area contributed by atoms with Crippen molar-refractivity contribution in [3.05, 3.63) is 12.2 Å². The molecule has 0 aromatic heterocycles. The van der Waals surface area contributed by atoms with Gasteiger partial charge in [-0.2, -0.15) is 0 Å². The average molecular weight is 700 g/mol. The predicted molar refractivity (Wildman–Crippen MR) is 198 cm³/mol. The summed E-state index contributed by atoms with van der Waals surface area (Å²) in [5.41, 5.74) is 0. The standard InChI is InChI=1S/C40H77NO8/c1-3-5-7-9-11-13-15-17-19-21-23-25-27-29-34(43)33(32-48-40-39(47)38(46)37(45)35(31-42)49-40)41-36(44)30-28-26-24-22-20-18-16-14-12-10-8-6-4-2/h27,29,33-35,37-40,42-43,45-47H,3-26,28,30-32H2,1-2H3,(H,41,44)/b29-27+/t33-,34-,35-,37+,38+,39-,40-/m1/s1. The highest BCUT2D eigenvalue weighted by atomic mass is 16.7. The maximum Gasteiger partial charge on any atom is 0.220 e. The van der Waals surface area contributed by atoms with E-state index in [-0.39, 0.29) is 12.5 Å². The van der Waals surface area contributed by atoms with Crippen molar-refractivity contribution in [2.45, 2.75) is 224 Å². The van der Waals surface area contributed by atoms with Crippen LogP contribution in [0.25, 0.3) is 0 Å². The van der Waals surface area contributed by atoms with Crippen molar-refractivity contribution in [1.82, 2.24) is 5.32 Å². The first-order chi connectivity index (χ1) is 23.8. The van der Waals surface area contributed by atoms with E-state index >= 15 is 0 Å². The normalized spacial score (nSPS) is 22.5. The number of nitrogens with one attached hydrogen (secondary N) is 1. The monoisotopic (exact) mass is 700 g/mol. The molecule has 0 radical (unpaired) electrons. The molecule has 1 amide bonds. The summed E-state index contributed by atoms with van der Waals surface area (Å²) in [6, 6.07) is -0.796. The molecule has 1 saturated heterocycles. The molecule has 1 aliphatic heterocycles. The van der Waals surface area contributed by atoms with E-state index < -0.39 is 49.5 Å². The fourth-order valence-corrected chi connectivity index (χ4v) is 6.51. The van der Waals surface area contributed by atoms with E-state index in [9.17, 15) is 30.3 Å². The molecule has 9 heteroatoms. The van der Waals surface area contributed by atoms with Gasteiger partial charge in [-0.1, -0.05) is 167 Å². The summed E-state index contributed by atoms with van der Waals surface area (Å²) in [6.07, 6.45) is 26.7. The van der Waals surface area contributed by atoms with E-state index in [1.165, 1.54) is 122 Å². The van der Waals surface area contributed by atoms with E-state index in [0.717, 1.165) is 38.5 Å². The number of amides is 1. The smallest absolute Gasteiger partial charge is 0.220 e. The number of rotatable bonds is 33. The summed E-state index contributed by atoms with van der Waals surface area (Å²) in [6.45, 7) is 3.75. The Hall–Kier alpha value is -1.07. The van der Waals surface area contributed by atoms with Crippen LogP contribution in [0.2, 0.25) is 0 Å². The quantitative estimate of drug-likeness (QED) is 0.0307. The Morgan fingerprint density at radius 2 is 1.12 bits per heavy atom. The number of carbonyl (C=O) groups excluding carboxylic acids is 1. The van der Waals surface area contributed by atoms with Crippen LogP contribution < -0.4 is 5.32 Å². The molecule has 0 unspecified atom stereocenters. The van der Waals surface area contributed by atoms with Gasteiger partial charge < -0.3 is 40.3 Å². The second kappa shape index (κ2) is 31.6. The molecule has 0 spiro atoms. The van der Waals surface area contributed by atoms with Crippen LogP contribution in [0.15, 0.2) is 12.2 Å². The van der Waals surface area contributed by atoms with Gasteiger partial charge in [-0.25, -0.2) is 0 Å². The molecule has 290 valence electrons. The molecule has 1 fully saturated rings. The van der Waals surface area contributed by atoms with Crippen LogP contribution in [0.1, 0.15) is 181 Å². The third-order valence-corrected chi connectivity index (χ3v) is 9.86. The average Bonchev–Trinajstić information content (AvgIpc) is 3.10. The number of unbranched alkanes of at least 4 members (excludes halogenated alkanes) is 23. The Kier molecular flexibility index (Phi) is 29.7. The van der Waals surface area contributed by atoms with E-state index in [2.05, 4.69) is 19.2 Å². The van der Waals surface area contributed by atoms with E-state index in [4.69, 9.17) is 9.47 Å². The summed E-state index contributed by atoms with van der Waals surface area (Å²) in [5.74, 6) is -0.178. The van der Waals surface area contributed by atoms with Gasteiger partial charge in [-0.15, -0.1) is 0 Å². The lowest BCUT2D eigenvalue weighted by atomic mass is 9.99. The fraction of sp³-hybridized carbons (Fsp3) is 0.925. The van der Waals surface area contributed by atoms with Gasteiger partial charge in [-0.05, 0) is 19.3 Å². The maximum atomic E-state index is 12.9. The SMILES string of the molecule is CCCCCCCCCCCCC/C=C/[C@@H](O)[C@@H](CO[C@@H]1O[C@H](CO)[C@H](O)[C@H](O)[C@H]1O)NC(=O)CCCCCCCCCCCCCCC. The molecule has 0 bridgehead atoms. The Balaban J connectivity index is 2.43. The molecular formula is C40H77NO8. The Morgan fingerprint density at radius 3 is 1.59 bits per heavy atom. The van der Waals surface area contributed by atoms with Crippen molar-refractivity contribution in [3.63, 3.8) is 0 Å². The topological polar surface area (TPSA) is 149 Å². The fourth-order valence-electron chi connectivity index (χ4n) is 6.51. The minimum Gasteiger partial charge on any atom is -0.394 e. The first-order valence-corrected chi connectivity index (χ1v) is 20.4. The van der Waals surface area contributed by atoms with Crippen LogP contribution in [0.4, 0.5) is 0 Å². The van der Waals surface area contributed by atoms with Gasteiger partial charge in [0.15, 0.2) is 6.29 Å². The zero-order chi connectivity index (χ0) is 36.0. The molecule has 6 N–H and O–H groups in total. The third kappa shape index (κ3) is 23.2. The third-order valence-electron chi connectivity index (χ3n) is 9.86. The molecular weight excluding hydrogens is 622 g/mol. The number of allylic oxidation sites excluding steroid dienone is 1. The van der Waals surface area contributed by atoms with Gasteiger partial charge in [0, 0.05) is 6.42 Å². The summed E-state index contributed by atoms with van der Waals surface area (Å²) >= 11 is 0. The molecule has 1 heterocycles. The zero-order valence-corrected chi connectivity index (χ0v) is 31.5. The molecule has 1 rings (SSSR count).